The van der Waals surface area contributed by atoms with Crippen molar-refractivity contribution in [1.82, 2.24) is 9.88 Å². The monoisotopic (exact) mass is 497 g/mol. The van der Waals surface area contributed by atoms with E-state index < -0.39 is 22.0 Å². The number of hydrogen-bond acceptors (Lipinski definition) is 7. The number of nitro benzene ring substituents is 1. The summed E-state index contributed by atoms with van der Waals surface area (Å²) in [7, 11) is 0. The van der Waals surface area contributed by atoms with Crippen LogP contribution in [-0.2, 0) is 18.3 Å². The molecule has 188 valence electrons. The Kier molecular flexibility index (Phi) is 4.13. The number of phenols is 1. The highest BCUT2D eigenvalue weighted by Gasteiger charge is 2.72. The lowest BCUT2D eigenvalue weighted by Crippen LogP contribution is -2.74. The number of aromatic hydroxyl groups is 1. The molecule has 2 aliphatic heterocycles. The fraction of sp³-hybridized carbons (Fsp3) is 0.414. The number of likely N-dealkylation sites (tertiary alicyclic amines) is 1. The van der Waals surface area contributed by atoms with Gasteiger partial charge in [0.2, 0.25) is 0 Å². The molecule has 0 unspecified atom stereocenters. The van der Waals surface area contributed by atoms with Crippen LogP contribution in [-0.4, -0.2) is 49.8 Å². The molecule has 3 aromatic rings. The molecule has 1 saturated heterocycles. The van der Waals surface area contributed by atoms with Crippen molar-refractivity contribution in [1.29, 1.82) is 0 Å². The molecule has 3 heterocycles. The molecule has 3 aliphatic carbocycles. The Labute approximate surface area is 213 Å². The first-order valence-corrected chi connectivity index (χ1v) is 13.1. The van der Waals surface area contributed by atoms with Crippen LogP contribution in [0.2, 0.25) is 0 Å². The summed E-state index contributed by atoms with van der Waals surface area (Å²) in [5.74, 6) is 1.34. The second-order valence-corrected chi connectivity index (χ2v) is 11.5. The maximum Gasteiger partial charge on any atom is 0.269 e. The lowest BCUT2D eigenvalue weighted by Gasteiger charge is -2.63. The predicted molar refractivity (Wildman–Crippen MR) is 135 cm³/mol. The summed E-state index contributed by atoms with van der Waals surface area (Å²) in [6.07, 6.45) is 5.78. The normalized spacial score (nSPS) is 30.8. The van der Waals surface area contributed by atoms with Crippen LogP contribution >= 0.6 is 0 Å². The predicted octanol–water partition coefficient (Wildman–Crippen LogP) is 4.06. The van der Waals surface area contributed by atoms with Crippen molar-refractivity contribution in [2.24, 2.45) is 5.92 Å². The summed E-state index contributed by atoms with van der Waals surface area (Å²) < 4.78 is 6.55. The molecule has 2 aromatic carbocycles. The molecule has 8 rings (SSSR count). The summed E-state index contributed by atoms with van der Waals surface area (Å²) in [5, 5.41) is 34.7. The van der Waals surface area contributed by atoms with E-state index in [4.69, 9.17) is 9.72 Å². The minimum atomic E-state index is -1.06. The third-order valence-corrected chi connectivity index (χ3v) is 9.63. The second kappa shape index (κ2) is 7.08. The topological polar surface area (TPSA) is 109 Å². The average molecular weight is 498 g/mol. The Morgan fingerprint density at radius 3 is 2.70 bits per heavy atom. The Balaban J connectivity index is 1.29. The Morgan fingerprint density at radius 2 is 1.95 bits per heavy atom. The standard InChI is InChI=1S/C29H27N3O5/c33-22-8-5-18-12-23-29(34)13-19-11-20(17-3-6-21(7-4-17)32(35)36)14-30-25(19)27-28(29,24(18)26(22)37-27)9-10-31(23)15-16-1-2-16/h3-8,11,14,16,23,27,33-34H,1-2,9-10,12-13,15H2/t23-,27-,28-,29+/m0/s1. The van der Waals surface area contributed by atoms with E-state index >= 15 is 0 Å². The van der Waals surface area contributed by atoms with Gasteiger partial charge in [-0.3, -0.25) is 20.0 Å². The van der Waals surface area contributed by atoms with Gasteiger partial charge >= 0.3 is 0 Å². The zero-order valence-electron chi connectivity index (χ0n) is 20.3. The van der Waals surface area contributed by atoms with Crippen molar-refractivity contribution in [2.75, 3.05) is 13.1 Å². The number of fused-ring (bicyclic) bond motifs is 2. The molecule has 8 nitrogen and oxygen atoms in total. The zero-order valence-corrected chi connectivity index (χ0v) is 20.3. The summed E-state index contributed by atoms with van der Waals surface area (Å²) >= 11 is 0. The Hall–Kier alpha value is -3.49. The van der Waals surface area contributed by atoms with E-state index in [2.05, 4.69) is 11.0 Å². The smallest absolute Gasteiger partial charge is 0.269 e. The average Bonchev–Trinajstić information content (AvgIpc) is 3.63. The van der Waals surface area contributed by atoms with Crippen molar-refractivity contribution >= 4 is 5.69 Å². The molecular formula is C29H27N3O5. The summed E-state index contributed by atoms with van der Waals surface area (Å²) in [6.45, 7) is 1.91. The third kappa shape index (κ3) is 2.72. The van der Waals surface area contributed by atoms with E-state index in [9.17, 15) is 20.3 Å². The highest BCUT2D eigenvalue weighted by molar-refractivity contribution is 5.68. The van der Waals surface area contributed by atoms with Crippen LogP contribution in [0.15, 0.2) is 48.7 Å². The minimum absolute atomic E-state index is 0.0351. The van der Waals surface area contributed by atoms with Crippen molar-refractivity contribution in [2.45, 2.75) is 55.3 Å². The maximum absolute atomic E-state index is 12.8. The van der Waals surface area contributed by atoms with Gasteiger partial charge in [0.05, 0.1) is 21.6 Å². The van der Waals surface area contributed by atoms with Gasteiger partial charge in [0.25, 0.3) is 5.69 Å². The number of phenolic OH excluding ortho intramolecular Hbond substituents is 1. The summed E-state index contributed by atoms with van der Waals surface area (Å²) in [4.78, 5) is 18.1. The van der Waals surface area contributed by atoms with Crippen molar-refractivity contribution < 1.29 is 19.9 Å². The maximum atomic E-state index is 12.8. The van der Waals surface area contributed by atoms with Gasteiger partial charge in [-0.25, -0.2) is 0 Å². The first kappa shape index (κ1) is 21.6. The first-order valence-electron chi connectivity index (χ1n) is 13.1. The molecule has 1 aromatic heterocycles. The van der Waals surface area contributed by atoms with Gasteiger partial charge in [0, 0.05) is 48.5 Å². The number of aromatic nitrogens is 1. The molecule has 2 bridgehead atoms. The van der Waals surface area contributed by atoms with Crippen LogP contribution in [0.3, 0.4) is 0 Å². The molecule has 0 amide bonds. The Bertz CT molecular complexity index is 1490. The minimum Gasteiger partial charge on any atom is -0.504 e. The lowest BCUT2D eigenvalue weighted by molar-refractivity contribution is -0.384. The highest BCUT2D eigenvalue weighted by atomic mass is 16.6. The summed E-state index contributed by atoms with van der Waals surface area (Å²) in [5.41, 5.74) is 3.93. The fourth-order valence-corrected chi connectivity index (χ4v) is 7.78. The fourth-order valence-electron chi connectivity index (χ4n) is 7.78. The van der Waals surface area contributed by atoms with Gasteiger partial charge in [-0.1, -0.05) is 6.07 Å². The molecule has 4 atom stereocenters. The molecule has 1 saturated carbocycles. The van der Waals surface area contributed by atoms with Crippen molar-refractivity contribution in [3.8, 4) is 22.6 Å². The molecule has 8 heteroatoms. The lowest BCUT2D eigenvalue weighted by atomic mass is 9.49. The van der Waals surface area contributed by atoms with Crippen LogP contribution in [0.5, 0.6) is 11.5 Å². The van der Waals surface area contributed by atoms with Gasteiger partial charge < -0.3 is 14.9 Å². The van der Waals surface area contributed by atoms with Gasteiger partial charge in [-0.15, -0.1) is 0 Å². The molecular weight excluding hydrogens is 470 g/mol. The number of piperidine rings is 1. The summed E-state index contributed by atoms with van der Waals surface area (Å²) in [6, 6.07) is 12.2. The van der Waals surface area contributed by atoms with Crippen LogP contribution in [0.4, 0.5) is 5.69 Å². The highest BCUT2D eigenvalue weighted by Crippen LogP contribution is 2.68. The number of ether oxygens (including phenoxy) is 1. The van der Waals surface area contributed by atoms with E-state index in [1.165, 1.54) is 25.0 Å². The molecule has 1 spiro atoms. The number of hydrogen-bond donors (Lipinski definition) is 2. The van der Waals surface area contributed by atoms with Gasteiger partial charge in [-0.2, -0.15) is 0 Å². The number of non-ortho nitro benzene ring substituents is 1. The number of nitro groups is 1. The quantitative estimate of drug-likeness (QED) is 0.413. The van der Waals surface area contributed by atoms with Gasteiger partial charge in [0.15, 0.2) is 17.6 Å². The van der Waals surface area contributed by atoms with Crippen molar-refractivity contribution in [3.05, 3.63) is 81.2 Å². The number of benzene rings is 2. The van der Waals surface area contributed by atoms with Crippen LogP contribution in [0, 0.1) is 16.0 Å². The third-order valence-electron chi connectivity index (χ3n) is 9.63. The second-order valence-electron chi connectivity index (χ2n) is 11.5. The molecule has 37 heavy (non-hydrogen) atoms. The Morgan fingerprint density at radius 1 is 1.14 bits per heavy atom. The van der Waals surface area contributed by atoms with E-state index in [0.29, 0.717) is 12.2 Å². The SMILES string of the molecule is O=[N+]([O-])c1ccc(-c2cnc3c(c2)C[C@@]2(O)[C@@H]4Cc5ccc(O)c6c5[C@@]2(CCN4CC2CC2)[C@H]3O6)cc1. The first-order chi connectivity index (χ1) is 17.9. The van der Waals surface area contributed by atoms with Gasteiger partial charge in [0.1, 0.15) is 0 Å². The number of rotatable bonds is 4. The molecule has 0 radical (unpaired) electrons. The van der Waals surface area contributed by atoms with Gasteiger partial charge in [-0.05, 0) is 79.1 Å². The number of pyridine rings is 1. The molecule has 2 fully saturated rings. The largest absolute Gasteiger partial charge is 0.504 e. The van der Waals surface area contributed by atoms with E-state index in [1.54, 1.807) is 24.4 Å². The van der Waals surface area contributed by atoms with Crippen LogP contribution < -0.4 is 4.74 Å². The number of aliphatic hydroxyl groups is 1. The molecule has 2 N–H and O–H groups in total. The van der Waals surface area contributed by atoms with Crippen LogP contribution in [0.1, 0.15) is 47.8 Å². The molecule has 5 aliphatic rings. The van der Waals surface area contributed by atoms with Crippen LogP contribution in [0.25, 0.3) is 11.1 Å². The number of nitrogens with zero attached hydrogens (tertiary/aromatic N) is 3. The van der Waals surface area contributed by atoms with Crippen molar-refractivity contribution in [3.63, 3.8) is 0 Å². The van der Waals surface area contributed by atoms with E-state index in [1.807, 2.05) is 6.07 Å². The zero-order chi connectivity index (χ0) is 25.1. The van der Waals surface area contributed by atoms with E-state index in [0.717, 1.165) is 65.4 Å². The van der Waals surface area contributed by atoms with E-state index in [-0.39, 0.29) is 17.5 Å².